The quantitative estimate of drug-likeness (QED) is 0.892. The van der Waals surface area contributed by atoms with Gasteiger partial charge >= 0.3 is 6.18 Å². The second-order valence-electron chi connectivity index (χ2n) is 4.53. The Hall–Kier alpha value is -1.15. The van der Waals surface area contributed by atoms with Crippen LogP contribution in [0.3, 0.4) is 0 Å². The normalized spacial score (nSPS) is 19.5. The Morgan fingerprint density at radius 3 is 2.89 bits per heavy atom. The van der Waals surface area contributed by atoms with Crippen molar-refractivity contribution in [2.45, 2.75) is 45.1 Å². The van der Waals surface area contributed by atoms with Crippen molar-refractivity contribution in [1.29, 1.82) is 0 Å². The minimum atomic E-state index is -4.31. The summed E-state index contributed by atoms with van der Waals surface area (Å²) in [5, 5.41) is 11.3. The van der Waals surface area contributed by atoms with Crippen molar-refractivity contribution in [3.05, 3.63) is 11.6 Å². The highest BCUT2D eigenvalue weighted by Crippen LogP contribution is 2.21. The number of fused-ring (bicyclic) bond motifs is 1. The summed E-state index contributed by atoms with van der Waals surface area (Å²) in [6, 6.07) is 0.127. The molecule has 0 radical (unpaired) electrons. The summed E-state index contributed by atoms with van der Waals surface area (Å²) < 4.78 is 42.5. The lowest BCUT2D eigenvalue weighted by atomic mass is 10.1. The van der Waals surface area contributed by atoms with E-state index >= 15 is 0 Å². The van der Waals surface area contributed by atoms with E-state index in [0.29, 0.717) is 12.4 Å². The summed E-state index contributed by atoms with van der Waals surface area (Å²) >= 11 is 0. The average Bonchev–Trinajstić information content (AvgIpc) is 2.73. The number of aromatic nitrogens is 3. The number of ether oxygens (including phenoxy) is 1. The number of hydrogen-bond acceptors (Lipinski definition) is 4. The zero-order chi connectivity index (χ0) is 13.9. The molecule has 0 aliphatic carbocycles. The van der Waals surface area contributed by atoms with Crippen molar-refractivity contribution in [2.75, 3.05) is 13.2 Å². The molecule has 1 unspecified atom stereocenters. The maximum atomic E-state index is 12.0. The summed E-state index contributed by atoms with van der Waals surface area (Å²) in [7, 11) is 0. The van der Waals surface area contributed by atoms with Gasteiger partial charge in [-0.2, -0.15) is 13.2 Å². The van der Waals surface area contributed by atoms with Crippen molar-refractivity contribution in [3.8, 4) is 0 Å². The Kier molecular flexibility index (Phi) is 4.41. The molecule has 0 amide bonds. The molecule has 1 N–H and O–H groups in total. The number of halogens is 3. The molecule has 0 fully saturated rings. The van der Waals surface area contributed by atoms with Crippen LogP contribution in [0.5, 0.6) is 0 Å². The second kappa shape index (κ2) is 5.87. The first-order valence-corrected chi connectivity index (χ1v) is 6.31. The molecule has 5 nitrogen and oxygen atoms in total. The van der Waals surface area contributed by atoms with E-state index in [4.69, 9.17) is 0 Å². The highest BCUT2D eigenvalue weighted by atomic mass is 19.4. The van der Waals surface area contributed by atoms with Crippen LogP contribution in [-0.2, 0) is 17.9 Å². The number of nitrogens with zero attached hydrogens (tertiary/aromatic N) is 3. The van der Waals surface area contributed by atoms with Gasteiger partial charge in [-0.1, -0.05) is 13.3 Å². The average molecular weight is 278 g/mol. The highest BCUT2D eigenvalue weighted by Gasteiger charge is 2.28. The van der Waals surface area contributed by atoms with E-state index in [1.165, 1.54) is 0 Å². The highest BCUT2D eigenvalue weighted by molar-refractivity contribution is 5.03. The molecule has 8 heteroatoms. The Morgan fingerprint density at radius 1 is 1.42 bits per heavy atom. The monoisotopic (exact) mass is 278 g/mol. The molecule has 1 aromatic heterocycles. The van der Waals surface area contributed by atoms with E-state index in [0.717, 1.165) is 25.2 Å². The maximum Gasteiger partial charge on any atom is 0.411 e. The Bertz CT molecular complexity index is 419. The third-order valence-electron chi connectivity index (χ3n) is 2.97. The fraction of sp³-hybridized carbons (Fsp3) is 0.818. The van der Waals surface area contributed by atoms with Crippen molar-refractivity contribution >= 4 is 0 Å². The Morgan fingerprint density at radius 2 is 2.21 bits per heavy atom. The van der Waals surface area contributed by atoms with Crippen molar-refractivity contribution in [1.82, 2.24) is 20.1 Å². The van der Waals surface area contributed by atoms with Gasteiger partial charge in [0.2, 0.25) is 0 Å². The largest absolute Gasteiger partial charge is 0.411 e. The summed E-state index contributed by atoms with van der Waals surface area (Å²) in [6.07, 6.45) is -2.37. The van der Waals surface area contributed by atoms with E-state index in [2.05, 4.69) is 27.2 Å². The molecule has 108 valence electrons. The lowest BCUT2D eigenvalue weighted by molar-refractivity contribution is -0.177. The molecule has 0 bridgehead atoms. The van der Waals surface area contributed by atoms with Gasteiger partial charge in [-0.05, 0) is 6.42 Å². The standard InChI is InChI=1S/C11H17F3N4O/c1-2-3-8-10-17-16-9(18(10)5-4-15-8)6-19-7-11(12,13)14/h8,15H,2-7H2,1H3. The molecule has 0 saturated heterocycles. The van der Waals surface area contributed by atoms with Gasteiger partial charge < -0.3 is 14.6 Å². The van der Waals surface area contributed by atoms with Gasteiger partial charge in [0.05, 0.1) is 6.04 Å². The fourth-order valence-electron chi connectivity index (χ4n) is 2.18. The lowest BCUT2D eigenvalue weighted by Gasteiger charge is -2.24. The summed E-state index contributed by atoms with van der Waals surface area (Å²) in [5.74, 6) is 1.25. The predicted molar refractivity (Wildman–Crippen MR) is 61.4 cm³/mol. The number of nitrogens with one attached hydrogen (secondary N) is 1. The van der Waals surface area contributed by atoms with Crippen LogP contribution >= 0.6 is 0 Å². The van der Waals surface area contributed by atoms with E-state index in [9.17, 15) is 13.2 Å². The predicted octanol–water partition coefficient (Wildman–Crippen LogP) is 1.80. The molecule has 1 aliphatic heterocycles. The zero-order valence-electron chi connectivity index (χ0n) is 10.7. The molecule has 2 heterocycles. The Labute approximate surface area is 109 Å². The molecular formula is C11H17F3N4O. The molecular weight excluding hydrogens is 261 g/mol. The van der Waals surface area contributed by atoms with E-state index in [-0.39, 0.29) is 12.6 Å². The van der Waals surface area contributed by atoms with Crippen LogP contribution in [0.1, 0.15) is 37.5 Å². The van der Waals surface area contributed by atoms with Gasteiger partial charge in [0, 0.05) is 13.1 Å². The third kappa shape index (κ3) is 3.66. The van der Waals surface area contributed by atoms with Crippen molar-refractivity contribution in [3.63, 3.8) is 0 Å². The summed E-state index contributed by atoms with van der Waals surface area (Å²) in [5.41, 5.74) is 0. The fourth-order valence-corrected chi connectivity index (χ4v) is 2.18. The third-order valence-corrected chi connectivity index (χ3v) is 2.97. The van der Waals surface area contributed by atoms with Crippen LogP contribution in [0.15, 0.2) is 0 Å². The van der Waals surface area contributed by atoms with Crippen LogP contribution in [0.4, 0.5) is 13.2 Å². The minimum absolute atomic E-state index is 0.127. The summed E-state index contributed by atoms with van der Waals surface area (Å²) in [6.45, 7) is 2.08. The molecule has 0 aromatic carbocycles. The molecule has 0 saturated carbocycles. The van der Waals surface area contributed by atoms with Gasteiger partial charge in [0.25, 0.3) is 0 Å². The van der Waals surface area contributed by atoms with E-state index in [1.54, 1.807) is 0 Å². The molecule has 19 heavy (non-hydrogen) atoms. The van der Waals surface area contributed by atoms with Crippen molar-refractivity contribution in [2.24, 2.45) is 0 Å². The topological polar surface area (TPSA) is 52.0 Å². The number of alkyl halides is 3. The van der Waals surface area contributed by atoms with Crippen LogP contribution < -0.4 is 5.32 Å². The second-order valence-corrected chi connectivity index (χ2v) is 4.53. The smallest absolute Gasteiger partial charge is 0.364 e. The van der Waals surface area contributed by atoms with Gasteiger partial charge in [-0.25, -0.2) is 0 Å². The minimum Gasteiger partial charge on any atom is -0.364 e. The zero-order valence-corrected chi connectivity index (χ0v) is 10.7. The van der Waals surface area contributed by atoms with Crippen LogP contribution in [0, 0.1) is 0 Å². The van der Waals surface area contributed by atoms with E-state index in [1.807, 2.05) is 4.57 Å². The number of hydrogen-bond donors (Lipinski definition) is 1. The van der Waals surface area contributed by atoms with Crippen molar-refractivity contribution < 1.29 is 17.9 Å². The first-order chi connectivity index (χ1) is 9.01. The molecule has 1 aliphatic rings. The first-order valence-electron chi connectivity index (χ1n) is 6.31. The SMILES string of the molecule is CCCC1NCCn2c(COCC(F)(F)F)nnc21. The summed E-state index contributed by atoms with van der Waals surface area (Å²) in [4.78, 5) is 0. The molecule has 0 spiro atoms. The lowest BCUT2D eigenvalue weighted by Crippen LogP contribution is -2.34. The van der Waals surface area contributed by atoms with Crippen LogP contribution in [0.25, 0.3) is 0 Å². The maximum absolute atomic E-state index is 12.0. The van der Waals surface area contributed by atoms with Gasteiger partial charge in [0.15, 0.2) is 5.82 Å². The van der Waals surface area contributed by atoms with Gasteiger partial charge in [0.1, 0.15) is 19.0 Å². The van der Waals surface area contributed by atoms with Gasteiger partial charge in [-0.3, -0.25) is 0 Å². The molecule has 1 aromatic rings. The Balaban J connectivity index is 2.00. The van der Waals surface area contributed by atoms with Gasteiger partial charge in [-0.15, -0.1) is 10.2 Å². The molecule has 2 rings (SSSR count). The molecule has 1 atom stereocenters. The van der Waals surface area contributed by atoms with Crippen LogP contribution in [0.2, 0.25) is 0 Å². The van der Waals surface area contributed by atoms with Crippen LogP contribution in [-0.4, -0.2) is 34.1 Å². The van der Waals surface area contributed by atoms with E-state index < -0.39 is 12.8 Å². The number of rotatable bonds is 5. The first kappa shape index (κ1) is 14.3.